The number of hydrogen-bond acceptors (Lipinski definition) is 13. The molecule has 0 spiro atoms. The third-order valence-corrected chi connectivity index (χ3v) is 5.13. The van der Waals surface area contributed by atoms with Gasteiger partial charge in [0.05, 0.1) is 139 Å². The maximum atomic E-state index is 11.3. The molecule has 0 bridgehead atoms. The summed E-state index contributed by atoms with van der Waals surface area (Å²) >= 11 is 0. The normalized spacial score (nSPS) is 11.3. The molecule has 0 heterocycles. The van der Waals surface area contributed by atoms with Crippen LogP contribution in [0.1, 0.15) is 19.3 Å². The van der Waals surface area contributed by atoms with Crippen molar-refractivity contribution in [2.24, 2.45) is 0 Å². The predicted molar refractivity (Wildman–Crippen MR) is 155 cm³/mol. The van der Waals surface area contributed by atoms with Crippen molar-refractivity contribution >= 4 is 11.9 Å². The van der Waals surface area contributed by atoms with Crippen LogP contribution in [0, 0.1) is 0 Å². The molecular formula is C28H55NO14. The first kappa shape index (κ1) is 41.5. The van der Waals surface area contributed by atoms with Crippen LogP contribution >= 0.6 is 0 Å². The van der Waals surface area contributed by atoms with Gasteiger partial charge in [0.25, 0.3) is 0 Å². The Kier molecular flexibility index (Phi) is 35.4. The molecule has 0 atom stereocenters. The highest BCUT2D eigenvalue weighted by Crippen LogP contribution is 1.90. The van der Waals surface area contributed by atoms with E-state index in [1.807, 2.05) is 0 Å². The molecule has 1 amide bonds. The van der Waals surface area contributed by atoms with E-state index in [9.17, 15) is 9.59 Å². The second-order valence-corrected chi connectivity index (χ2v) is 8.71. The van der Waals surface area contributed by atoms with E-state index >= 15 is 0 Å². The van der Waals surface area contributed by atoms with Gasteiger partial charge in [-0.1, -0.05) is 0 Å². The van der Waals surface area contributed by atoms with Crippen LogP contribution in [0.5, 0.6) is 0 Å². The van der Waals surface area contributed by atoms with Crippen LogP contribution in [-0.2, 0) is 61.7 Å². The van der Waals surface area contributed by atoms with Crippen molar-refractivity contribution in [2.45, 2.75) is 19.3 Å². The number of hydrogen-bond donors (Lipinski definition) is 2. The zero-order valence-electron chi connectivity index (χ0n) is 25.9. The number of carbonyl (C=O) groups is 2. The largest absolute Gasteiger partial charge is 0.481 e. The number of nitrogens with one attached hydrogen (secondary N) is 1. The molecule has 0 aromatic carbocycles. The van der Waals surface area contributed by atoms with E-state index in [2.05, 4.69) is 5.32 Å². The molecule has 0 unspecified atom stereocenters. The van der Waals surface area contributed by atoms with Gasteiger partial charge in [-0.05, 0) is 6.42 Å². The fraction of sp³-hybridized carbons (Fsp3) is 0.929. The van der Waals surface area contributed by atoms with Crippen LogP contribution in [0.15, 0.2) is 0 Å². The van der Waals surface area contributed by atoms with Crippen molar-refractivity contribution in [1.29, 1.82) is 0 Å². The first-order valence-corrected chi connectivity index (χ1v) is 14.9. The van der Waals surface area contributed by atoms with Crippen LogP contribution in [-0.4, -0.2) is 169 Å². The van der Waals surface area contributed by atoms with Crippen LogP contribution in [0.2, 0.25) is 0 Å². The number of methoxy groups -OCH3 is 1. The third-order valence-electron chi connectivity index (χ3n) is 5.13. The van der Waals surface area contributed by atoms with E-state index in [0.29, 0.717) is 152 Å². The monoisotopic (exact) mass is 629 g/mol. The molecule has 0 aliphatic heterocycles. The van der Waals surface area contributed by atoms with E-state index in [4.69, 9.17) is 57.2 Å². The van der Waals surface area contributed by atoms with Gasteiger partial charge in [-0.2, -0.15) is 0 Å². The molecule has 0 aliphatic carbocycles. The van der Waals surface area contributed by atoms with E-state index < -0.39 is 5.97 Å². The Morgan fingerprint density at radius 3 is 1.00 bits per heavy atom. The molecule has 0 aromatic rings. The zero-order chi connectivity index (χ0) is 31.3. The SMILES string of the molecule is COCCOCCOCCOCCOCCOCCOCCOCCOCCOCCOCCCNC(=O)CCC(=O)O. The highest BCUT2D eigenvalue weighted by molar-refractivity contribution is 5.80. The van der Waals surface area contributed by atoms with Crippen molar-refractivity contribution in [2.75, 3.05) is 152 Å². The molecule has 256 valence electrons. The van der Waals surface area contributed by atoms with Crippen LogP contribution in [0.4, 0.5) is 0 Å². The van der Waals surface area contributed by atoms with Gasteiger partial charge in [0.15, 0.2) is 0 Å². The fourth-order valence-electron chi connectivity index (χ4n) is 2.93. The smallest absolute Gasteiger partial charge is 0.303 e. The van der Waals surface area contributed by atoms with E-state index in [1.54, 1.807) is 7.11 Å². The van der Waals surface area contributed by atoms with Gasteiger partial charge in [0, 0.05) is 26.7 Å². The molecule has 0 radical (unpaired) electrons. The molecule has 43 heavy (non-hydrogen) atoms. The van der Waals surface area contributed by atoms with Crippen molar-refractivity contribution in [3.63, 3.8) is 0 Å². The van der Waals surface area contributed by atoms with Gasteiger partial charge in [-0.15, -0.1) is 0 Å². The molecule has 0 aromatic heterocycles. The summed E-state index contributed by atoms with van der Waals surface area (Å²) in [6, 6.07) is 0. The Balaban J connectivity index is 3.08. The lowest BCUT2D eigenvalue weighted by atomic mass is 10.3. The number of carbonyl (C=O) groups excluding carboxylic acids is 1. The first-order valence-electron chi connectivity index (χ1n) is 14.9. The zero-order valence-corrected chi connectivity index (χ0v) is 25.9. The Bertz CT molecular complexity index is 588. The third kappa shape index (κ3) is 38.5. The van der Waals surface area contributed by atoms with Gasteiger partial charge in [-0.25, -0.2) is 0 Å². The average molecular weight is 630 g/mol. The van der Waals surface area contributed by atoms with Crippen LogP contribution < -0.4 is 5.32 Å². The van der Waals surface area contributed by atoms with Crippen LogP contribution in [0.25, 0.3) is 0 Å². The first-order chi connectivity index (χ1) is 21.2. The van der Waals surface area contributed by atoms with E-state index in [-0.39, 0.29) is 18.7 Å². The summed E-state index contributed by atoms with van der Waals surface area (Å²) in [5.41, 5.74) is 0. The van der Waals surface area contributed by atoms with Gasteiger partial charge in [0.1, 0.15) is 0 Å². The van der Waals surface area contributed by atoms with Crippen molar-refractivity contribution in [3.05, 3.63) is 0 Å². The van der Waals surface area contributed by atoms with Crippen molar-refractivity contribution in [3.8, 4) is 0 Å². The lowest BCUT2D eigenvalue weighted by Gasteiger charge is -2.09. The summed E-state index contributed by atoms with van der Waals surface area (Å²) in [7, 11) is 1.64. The molecule has 0 rings (SSSR count). The number of ether oxygens (including phenoxy) is 11. The number of rotatable bonds is 37. The van der Waals surface area contributed by atoms with Gasteiger partial charge in [0.2, 0.25) is 5.91 Å². The summed E-state index contributed by atoms with van der Waals surface area (Å²) in [4.78, 5) is 21.7. The standard InChI is InChI=1S/C28H55NO14/c1-33-7-8-35-11-12-37-15-16-39-19-20-41-23-24-43-26-25-42-22-21-40-18-17-38-14-13-36-10-9-34-6-2-5-29-27(30)3-4-28(31)32/h2-26H2,1H3,(H,29,30)(H,31,32). The average Bonchev–Trinajstić information content (AvgIpc) is 3.00. The minimum atomic E-state index is -0.982. The Labute approximate surface area is 256 Å². The molecule has 0 saturated carbocycles. The van der Waals surface area contributed by atoms with Gasteiger partial charge in [-0.3, -0.25) is 9.59 Å². The topological polar surface area (TPSA) is 168 Å². The van der Waals surface area contributed by atoms with Gasteiger partial charge < -0.3 is 62.5 Å². The number of carboxylic acids is 1. The second kappa shape index (κ2) is 36.7. The molecule has 0 aliphatic rings. The number of aliphatic carboxylic acids is 1. The molecule has 2 N–H and O–H groups in total. The van der Waals surface area contributed by atoms with Crippen LogP contribution in [0.3, 0.4) is 0 Å². The van der Waals surface area contributed by atoms with E-state index in [1.165, 1.54) is 0 Å². The Morgan fingerprint density at radius 2 is 0.721 bits per heavy atom. The summed E-state index contributed by atoms with van der Waals surface area (Å²) in [5.74, 6) is -1.25. The molecule has 0 saturated heterocycles. The molecule has 15 heteroatoms. The Morgan fingerprint density at radius 1 is 0.442 bits per heavy atom. The minimum absolute atomic E-state index is 0.00891. The minimum Gasteiger partial charge on any atom is -0.481 e. The lowest BCUT2D eigenvalue weighted by molar-refractivity contribution is -0.138. The maximum absolute atomic E-state index is 11.3. The quantitative estimate of drug-likeness (QED) is 0.0892. The summed E-state index contributed by atoms with van der Waals surface area (Å²) < 4.78 is 59.0. The predicted octanol–water partition coefficient (Wildman–Crippen LogP) is 0.170. The second-order valence-electron chi connectivity index (χ2n) is 8.71. The highest BCUT2D eigenvalue weighted by Gasteiger charge is 2.04. The van der Waals surface area contributed by atoms with Gasteiger partial charge >= 0.3 is 5.97 Å². The summed E-state index contributed by atoms with van der Waals surface area (Å²) in [5, 5.41) is 11.2. The summed E-state index contributed by atoms with van der Waals surface area (Å²) in [6.07, 6.45) is 0.481. The number of carboxylic acid groups (broad SMARTS) is 1. The maximum Gasteiger partial charge on any atom is 0.303 e. The Hall–Kier alpha value is -1.50. The molecular weight excluding hydrogens is 574 g/mol. The number of amides is 1. The van der Waals surface area contributed by atoms with E-state index in [0.717, 1.165) is 0 Å². The lowest BCUT2D eigenvalue weighted by Crippen LogP contribution is -2.25. The highest BCUT2D eigenvalue weighted by atomic mass is 16.6. The molecule has 0 fully saturated rings. The fourth-order valence-corrected chi connectivity index (χ4v) is 2.93. The van der Waals surface area contributed by atoms with Crippen molar-refractivity contribution in [1.82, 2.24) is 5.32 Å². The van der Waals surface area contributed by atoms with Crippen molar-refractivity contribution < 1.29 is 66.8 Å². The molecule has 15 nitrogen and oxygen atoms in total. The summed E-state index contributed by atoms with van der Waals surface area (Å²) in [6.45, 7) is 11.0.